The Balaban J connectivity index is 1.91. The normalized spacial score (nSPS) is 11.3. The third kappa shape index (κ3) is 3.84. The molecule has 1 heterocycles. The van der Waals surface area contributed by atoms with Crippen LogP contribution in [0.15, 0.2) is 77.7 Å². The lowest BCUT2D eigenvalue weighted by molar-refractivity contribution is -0.384. The molecule has 0 unspecified atom stereocenters. The predicted molar refractivity (Wildman–Crippen MR) is 100 cm³/mol. The quantitative estimate of drug-likeness (QED) is 0.410. The molecule has 0 bridgehead atoms. The molecule has 0 fully saturated rings. The van der Waals surface area contributed by atoms with E-state index in [4.69, 9.17) is 0 Å². The highest BCUT2D eigenvalue weighted by Gasteiger charge is 2.07. The van der Waals surface area contributed by atoms with Crippen LogP contribution in [0.5, 0.6) is 0 Å². The molecule has 1 N–H and O–H groups in total. The fourth-order valence-corrected chi connectivity index (χ4v) is 3.21. The van der Waals surface area contributed by atoms with Crippen LogP contribution in [0.1, 0.15) is 0 Å². The van der Waals surface area contributed by atoms with Gasteiger partial charge in [-0.1, -0.05) is 36.4 Å². The first kappa shape index (κ1) is 16.7. The van der Waals surface area contributed by atoms with Gasteiger partial charge in [0.15, 0.2) is 0 Å². The zero-order valence-electron chi connectivity index (χ0n) is 13.3. The Morgan fingerprint density at radius 2 is 1.92 bits per heavy atom. The second-order valence-corrected chi connectivity index (χ2v) is 6.03. The Hall–Kier alpha value is -3.19. The van der Waals surface area contributed by atoms with Gasteiger partial charge in [-0.05, 0) is 17.7 Å². The number of rotatable bonds is 6. The molecule has 0 atom stereocenters. The minimum atomic E-state index is -0.426. The molecule has 0 aliphatic carbocycles. The number of nitrogens with one attached hydrogen (secondary N) is 1. The van der Waals surface area contributed by atoms with Crippen LogP contribution in [0.25, 0.3) is 11.3 Å². The van der Waals surface area contributed by atoms with E-state index in [2.05, 4.69) is 39.2 Å². The van der Waals surface area contributed by atoms with E-state index in [1.165, 1.54) is 23.5 Å². The maximum atomic E-state index is 10.7. The van der Waals surface area contributed by atoms with Crippen molar-refractivity contribution in [1.29, 1.82) is 0 Å². The summed E-state index contributed by atoms with van der Waals surface area (Å²) >= 11 is 1.52. The number of hydrogen-bond acceptors (Lipinski definition) is 5. The van der Waals surface area contributed by atoms with Gasteiger partial charge in [0.05, 0.1) is 16.3 Å². The molecule has 0 aliphatic heterocycles. The van der Waals surface area contributed by atoms with Gasteiger partial charge in [-0.3, -0.25) is 15.5 Å². The maximum absolute atomic E-state index is 10.7. The van der Waals surface area contributed by atoms with E-state index in [-0.39, 0.29) is 5.69 Å². The average molecular weight is 352 g/mol. The van der Waals surface area contributed by atoms with Crippen molar-refractivity contribution in [3.63, 3.8) is 0 Å². The molecule has 0 saturated heterocycles. The first-order valence-electron chi connectivity index (χ1n) is 7.58. The lowest BCUT2D eigenvalue weighted by Gasteiger charge is -2.06. The molecule has 3 rings (SSSR count). The highest BCUT2D eigenvalue weighted by molar-refractivity contribution is 7.07. The van der Waals surface area contributed by atoms with Crippen LogP contribution in [-0.2, 0) is 6.54 Å². The molecule has 2 aromatic carbocycles. The number of benzene rings is 2. The molecule has 0 saturated carbocycles. The van der Waals surface area contributed by atoms with Crippen LogP contribution < -0.4 is 10.2 Å². The van der Waals surface area contributed by atoms with Crippen molar-refractivity contribution in [2.45, 2.75) is 6.54 Å². The van der Waals surface area contributed by atoms with Crippen LogP contribution >= 0.6 is 11.3 Å². The van der Waals surface area contributed by atoms with Crippen molar-refractivity contribution in [2.75, 3.05) is 5.43 Å². The fraction of sp³-hybridized carbons (Fsp3) is 0.0556. The zero-order valence-corrected chi connectivity index (χ0v) is 14.1. The van der Waals surface area contributed by atoms with E-state index in [1.807, 2.05) is 24.3 Å². The van der Waals surface area contributed by atoms with E-state index in [0.717, 1.165) is 16.1 Å². The van der Waals surface area contributed by atoms with Gasteiger partial charge in [0.1, 0.15) is 0 Å². The summed E-state index contributed by atoms with van der Waals surface area (Å²) in [5, 5.41) is 17.2. The summed E-state index contributed by atoms with van der Waals surface area (Å²) in [4.78, 5) is 11.1. The first-order chi connectivity index (χ1) is 12.2. The molecule has 3 aromatic rings. The number of hydrogen-bond donors (Lipinski definition) is 1. The number of non-ortho nitro benzene ring substituents is 1. The van der Waals surface area contributed by atoms with Crippen molar-refractivity contribution in [3.05, 3.63) is 87.5 Å². The molecule has 0 spiro atoms. The Morgan fingerprint density at radius 1 is 1.20 bits per heavy atom. The summed E-state index contributed by atoms with van der Waals surface area (Å²) in [6, 6.07) is 16.2. The van der Waals surface area contributed by atoms with Crippen molar-refractivity contribution in [1.82, 2.24) is 4.57 Å². The van der Waals surface area contributed by atoms with E-state index in [0.29, 0.717) is 12.2 Å². The van der Waals surface area contributed by atoms with Crippen LogP contribution in [0.2, 0.25) is 0 Å². The first-order valence-corrected chi connectivity index (χ1v) is 8.46. The van der Waals surface area contributed by atoms with Gasteiger partial charge in [-0.25, -0.2) is 0 Å². The summed E-state index contributed by atoms with van der Waals surface area (Å²) in [6.45, 7) is 4.45. The second-order valence-electron chi connectivity index (χ2n) is 5.20. The molecule has 1 aromatic heterocycles. The van der Waals surface area contributed by atoms with Gasteiger partial charge in [0.2, 0.25) is 4.80 Å². The number of aromatic nitrogens is 1. The number of nitro benzene ring substituents is 1. The van der Waals surface area contributed by atoms with Gasteiger partial charge >= 0.3 is 0 Å². The number of allylic oxidation sites excluding steroid dienone is 1. The van der Waals surface area contributed by atoms with Crippen LogP contribution in [0, 0.1) is 10.1 Å². The third-order valence-electron chi connectivity index (χ3n) is 3.54. The second kappa shape index (κ2) is 7.59. The van der Waals surface area contributed by atoms with Gasteiger partial charge in [-0.2, -0.15) is 0 Å². The SMILES string of the molecule is C=CCn1c(-c2ccccc2)cs/c1=N\Nc1ccc([N+](=O)[O-])cc1. The van der Waals surface area contributed by atoms with Crippen molar-refractivity contribution >= 4 is 22.7 Å². The standard InChI is InChI=1S/C18H16N4O2S/c1-2-12-21-17(14-6-4-3-5-7-14)13-25-18(21)20-19-15-8-10-16(11-9-15)22(23)24/h2-11,13,19H,1,12H2/b20-18-. The van der Waals surface area contributed by atoms with E-state index < -0.39 is 4.92 Å². The smallest absolute Gasteiger partial charge is 0.269 e. The molecule has 0 aliphatic rings. The summed E-state index contributed by atoms with van der Waals surface area (Å²) in [7, 11) is 0. The van der Waals surface area contributed by atoms with Crippen LogP contribution in [0.4, 0.5) is 11.4 Å². The number of anilines is 1. The van der Waals surface area contributed by atoms with Crippen molar-refractivity contribution < 1.29 is 4.92 Å². The molecule has 0 amide bonds. The van der Waals surface area contributed by atoms with Gasteiger partial charge in [-0.15, -0.1) is 23.0 Å². The van der Waals surface area contributed by atoms with Gasteiger partial charge in [0, 0.05) is 24.1 Å². The lowest BCUT2D eigenvalue weighted by atomic mass is 10.2. The fourth-order valence-electron chi connectivity index (χ4n) is 2.33. The third-order valence-corrected chi connectivity index (χ3v) is 4.40. The lowest BCUT2D eigenvalue weighted by Crippen LogP contribution is -2.17. The van der Waals surface area contributed by atoms with Crippen molar-refractivity contribution in [3.8, 4) is 11.3 Å². The van der Waals surface area contributed by atoms with Gasteiger partial charge < -0.3 is 4.57 Å². The molecular weight excluding hydrogens is 336 g/mol. The Kier molecular flexibility index (Phi) is 5.06. The molecule has 25 heavy (non-hydrogen) atoms. The molecule has 7 heteroatoms. The van der Waals surface area contributed by atoms with Crippen LogP contribution in [-0.4, -0.2) is 9.49 Å². The zero-order chi connectivity index (χ0) is 17.6. The predicted octanol–water partition coefficient (Wildman–Crippen LogP) is 4.24. The van der Waals surface area contributed by atoms with E-state index >= 15 is 0 Å². The summed E-state index contributed by atoms with van der Waals surface area (Å²) in [5.41, 5.74) is 5.86. The minimum absolute atomic E-state index is 0.0507. The average Bonchev–Trinajstić information content (AvgIpc) is 3.04. The molecule has 0 radical (unpaired) electrons. The summed E-state index contributed by atoms with van der Waals surface area (Å²) in [6.07, 6.45) is 1.82. The van der Waals surface area contributed by atoms with Gasteiger partial charge in [0.25, 0.3) is 5.69 Å². The topological polar surface area (TPSA) is 72.5 Å². The monoisotopic (exact) mass is 352 g/mol. The molecule has 126 valence electrons. The minimum Gasteiger partial charge on any atom is -0.311 e. The number of nitrogens with zero attached hydrogens (tertiary/aromatic N) is 3. The largest absolute Gasteiger partial charge is 0.311 e. The van der Waals surface area contributed by atoms with E-state index in [9.17, 15) is 10.1 Å². The number of nitro groups is 1. The summed E-state index contributed by atoms with van der Waals surface area (Å²) < 4.78 is 2.06. The highest BCUT2D eigenvalue weighted by atomic mass is 32.1. The Labute approximate surface area is 148 Å². The Morgan fingerprint density at radius 3 is 2.56 bits per heavy atom. The van der Waals surface area contributed by atoms with E-state index in [1.54, 1.807) is 12.1 Å². The molecule has 6 nitrogen and oxygen atoms in total. The summed E-state index contributed by atoms with van der Waals surface area (Å²) in [5.74, 6) is 0. The van der Waals surface area contributed by atoms with Crippen LogP contribution in [0.3, 0.4) is 0 Å². The Bertz CT molecular complexity index is 943. The highest BCUT2D eigenvalue weighted by Crippen LogP contribution is 2.20. The van der Waals surface area contributed by atoms with Crippen molar-refractivity contribution in [2.24, 2.45) is 5.10 Å². The number of thiazole rings is 1. The maximum Gasteiger partial charge on any atom is 0.269 e. The molecular formula is C18H16N4O2S.